The zero-order valence-corrected chi connectivity index (χ0v) is 17.7. The van der Waals surface area contributed by atoms with E-state index in [2.05, 4.69) is 5.32 Å². The molecule has 0 radical (unpaired) electrons. The highest BCUT2D eigenvalue weighted by Gasteiger charge is 2.23. The Kier molecular flexibility index (Phi) is 8.53. The predicted molar refractivity (Wildman–Crippen MR) is 111 cm³/mol. The van der Waals surface area contributed by atoms with Crippen LogP contribution in [-0.2, 0) is 25.5 Å². The zero-order chi connectivity index (χ0) is 20.5. The summed E-state index contributed by atoms with van der Waals surface area (Å²) in [6.07, 6.45) is 0.651. The lowest BCUT2D eigenvalue weighted by Gasteiger charge is -2.08. The van der Waals surface area contributed by atoms with Crippen molar-refractivity contribution in [3.8, 4) is 0 Å². The third-order valence-corrected chi connectivity index (χ3v) is 5.81. The molecular weight excluding hydrogens is 398 g/mol. The van der Waals surface area contributed by atoms with Crippen LogP contribution in [0.25, 0.3) is 0 Å². The molecule has 1 aromatic heterocycles. The minimum Gasteiger partial charge on any atom is -0.462 e. The summed E-state index contributed by atoms with van der Waals surface area (Å²) in [4.78, 5) is 38.2. The fourth-order valence-electron chi connectivity index (χ4n) is 2.52. The van der Waals surface area contributed by atoms with Crippen molar-refractivity contribution < 1.29 is 23.9 Å². The number of esters is 2. The normalized spacial score (nSPS) is 10.4. The Balaban J connectivity index is 1.92. The molecule has 1 heterocycles. The highest BCUT2D eigenvalue weighted by atomic mass is 32.2. The van der Waals surface area contributed by atoms with Crippen LogP contribution in [0.2, 0.25) is 0 Å². The molecule has 0 spiro atoms. The molecule has 150 valence electrons. The Bertz CT molecular complexity index is 833. The lowest BCUT2D eigenvalue weighted by Crippen LogP contribution is -2.22. The molecule has 1 N–H and O–H groups in total. The third kappa shape index (κ3) is 6.10. The number of aryl methyl sites for hydroxylation is 1. The number of hydrogen-bond donors (Lipinski definition) is 1. The molecule has 0 saturated heterocycles. The van der Waals surface area contributed by atoms with Gasteiger partial charge in [0.15, 0.2) is 6.61 Å². The number of thiophene rings is 1. The Hall–Kier alpha value is -2.32. The summed E-state index contributed by atoms with van der Waals surface area (Å²) >= 11 is 2.65. The summed E-state index contributed by atoms with van der Waals surface area (Å²) in [7, 11) is 0. The number of nitrogens with one attached hydrogen (secondary N) is 1. The fraction of sp³-hybridized carbons (Fsp3) is 0.350. The minimum absolute atomic E-state index is 0.115. The molecule has 0 bridgehead atoms. The first-order valence-electron chi connectivity index (χ1n) is 8.88. The molecule has 1 aromatic carbocycles. The summed E-state index contributed by atoms with van der Waals surface area (Å²) in [5.74, 6) is -1.32. The largest absolute Gasteiger partial charge is 0.462 e. The molecule has 0 aliphatic carbocycles. The topological polar surface area (TPSA) is 81.7 Å². The van der Waals surface area contributed by atoms with Gasteiger partial charge in [0, 0.05) is 9.77 Å². The lowest BCUT2D eigenvalue weighted by molar-refractivity contribution is -0.144. The molecule has 28 heavy (non-hydrogen) atoms. The van der Waals surface area contributed by atoms with Gasteiger partial charge in [-0.1, -0.05) is 25.1 Å². The van der Waals surface area contributed by atoms with Gasteiger partial charge in [-0.05, 0) is 38.0 Å². The molecule has 0 aliphatic heterocycles. The van der Waals surface area contributed by atoms with Gasteiger partial charge in [-0.25, -0.2) is 4.79 Å². The quantitative estimate of drug-likeness (QED) is 0.486. The summed E-state index contributed by atoms with van der Waals surface area (Å²) in [6.45, 7) is 5.40. The van der Waals surface area contributed by atoms with Gasteiger partial charge in [0.1, 0.15) is 5.00 Å². The SMILES string of the molecule is CCOC(=O)c1c(NC(=O)COC(=O)CSc2ccccc2)sc(C)c1CC. The van der Waals surface area contributed by atoms with E-state index in [-0.39, 0.29) is 12.4 Å². The van der Waals surface area contributed by atoms with Crippen molar-refractivity contribution in [3.63, 3.8) is 0 Å². The second-order valence-corrected chi connectivity index (χ2v) is 8.00. The van der Waals surface area contributed by atoms with E-state index in [4.69, 9.17) is 9.47 Å². The van der Waals surface area contributed by atoms with Crippen LogP contribution in [0.4, 0.5) is 5.00 Å². The molecule has 0 saturated carbocycles. The van der Waals surface area contributed by atoms with E-state index in [1.54, 1.807) is 6.92 Å². The first kappa shape index (κ1) is 22.0. The first-order chi connectivity index (χ1) is 13.5. The van der Waals surface area contributed by atoms with Crippen LogP contribution in [0.15, 0.2) is 35.2 Å². The van der Waals surface area contributed by atoms with E-state index in [1.165, 1.54) is 23.1 Å². The number of carbonyl (C=O) groups excluding carboxylic acids is 3. The van der Waals surface area contributed by atoms with E-state index >= 15 is 0 Å². The van der Waals surface area contributed by atoms with E-state index in [1.807, 2.05) is 44.2 Å². The molecule has 2 aromatic rings. The number of carbonyl (C=O) groups is 3. The van der Waals surface area contributed by atoms with Gasteiger partial charge in [0.05, 0.1) is 17.9 Å². The molecule has 1 amide bonds. The van der Waals surface area contributed by atoms with E-state index < -0.39 is 24.5 Å². The van der Waals surface area contributed by atoms with Crippen LogP contribution in [0.3, 0.4) is 0 Å². The summed E-state index contributed by atoms with van der Waals surface area (Å²) in [5, 5.41) is 3.09. The van der Waals surface area contributed by atoms with Crippen molar-refractivity contribution in [3.05, 3.63) is 46.3 Å². The maximum atomic E-state index is 12.3. The predicted octanol–water partition coefficient (Wildman–Crippen LogP) is 4.07. The van der Waals surface area contributed by atoms with Gasteiger partial charge in [-0.3, -0.25) is 9.59 Å². The molecule has 0 atom stereocenters. The van der Waals surface area contributed by atoms with Gasteiger partial charge in [0.2, 0.25) is 0 Å². The molecule has 8 heteroatoms. The number of ether oxygens (including phenoxy) is 2. The molecule has 0 aliphatic rings. The maximum absolute atomic E-state index is 12.3. The lowest BCUT2D eigenvalue weighted by atomic mass is 10.1. The van der Waals surface area contributed by atoms with E-state index in [0.29, 0.717) is 17.0 Å². The standard InChI is InChI=1S/C20H23NO5S2/c1-4-15-13(3)28-19(18(15)20(24)25-5-2)21-16(22)11-26-17(23)12-27-14-9-7-6-8-10-14/h6-10H,4-5,11-12H2,1-3H3,(H,21,22). The van der Waals surface area contributed by atoms with Gasteiger partial charge in [-0.15, -0.1) is 23.1 Å². The van der Waals surface area contributed by atoms with Crippen LogP contribution in [0.5, 0.6) is 0 Å². The van der Waals surface area contributed by atoms with Crippen LogP contribution >= 0.6 is 23.1 Å². The number of hydrogen-bond acceptors (Lipinski definition) is 7. The van der Waals surface area contributed by atoms with Crippen LogP contribution in [0, 0.1) is 6.92 Å². The average Bonchev–Trinajstić information content (AvgIpc) is 3.00. The second kappa shape index (κ2) is 10.9. The third-order valence-electron chi connectivity index (χ3n) is 3.76. The Morgan fingerprint density at radius 2 is 1.82 bits per heavy atom. The molecule has 0 fully saturated rings. The van der Waals surface area contributed by atoms with Crippen LogP contribution in [-0.4, -0.2) is 36.8 Å². The van der Waals surface area contributed by atoms with Crippen molar-refractivity contribution in [1.82, 2.24) is 0 Å². The van der Waals surface area contributed by atoms with E-state index in [9.17, 15) is 14.4 Å². The maximum Gasteiger partial charge on any atom is 0.341 e. The molecule has 2 rings (SSSR count). The second-order valence-electron chi connectivity index (χ2n) is 5.73. The van der Waals surface area contributed by atoms with Crippen molar-refractivity contribution in [1.29, 1.82) is 0 Å². The fourth-order valence-corrected chi connectivity index (χ4v) is 4.39. The van der Waals surface area contributed by atoms with Crippen molar-refractivity contribution >= 4 is 45.9 Å². The number of anilines is 1. The van der Waals surface area contributed by atoms with Crippen molar-refractivity contribution in [2.24, 2.45) is 0 Å². The van der Waals surface area contributed by atoms with Crippen molar-refractivity contribution in [2.75, 3.05) is 24.3 Å². The number of thioether (sulfide) groups is 1. The number of benzene rings is 1. The Morgan fingerprint density at radius 1 is 1.11 bits per heavy atom. The highest BCUT2D eigenvalue weighted by Crippen LogP contribution is 2.34. The number of amides is 1. The molecular formula is C20H23NO5S2. The monoisotopic (exact) mass is 421 g/mol. The molecule has 0 unspecified atom stereocenters. The first-order valence-corrected chi connectivity index (χ1v) is 10.7. The van der Waals surface area contributed by atoms with Crippen molar-refractivity contribution in [2.45, 2.75) is 32.1 Å². The summed E-state index contributed by atoms with van der Waals surface area (Å²) < 4.78 is 10.1. The Morgan fingerprint density at radius 3 is 2.46 bits per heavy atom. The van der Waals surface area contributed by atoms with Gasteiger partial charge >= 0.3 is 11.9 Å². The minimum atomic E-state index is -0.493. The average molecular weight is 422 g/mol. The number of rotatable bonds is 9. The van der Waals surface area contributed by atoms with Crippen LogP contribution < -0.4 is 5.32 Å². The van der Waals surface area contributed by atoms with E-state index in [0.717, 1.165) is 15.3 Å². The Labute approximate surface area is 172 Å². The molecule has 6 nitrogen and oxygen atoms in total. The summed E-state index contributed by atoms with van der Waals surface area (Å²) in [6, 6.07) is 9.46. The zero-order valence-electron chi connectivity index (χ0n) is 16.1. The van der Waals surface area contributed by atoms with Gasteiger partial charge in [-0.2, -0.15) is 0 Å². The highest BCUT2D eigenvalue weighted by molar-refractivity contribution is 8.00. The van der Waals surface area contributed by atoms with Crippen LogP contribution in [0.1, 0.15) is 34.6 Å². The summed E-state index contributed by atoms with van der Waals surface area (Å²) in [5.41, 5.74) is 1.24. The smallest absolute Gasteiger partial charge is 0.341 e. The van der Waals surface area contributed by atoms with Gasteiger partial charge < -0.3 is 14.8 Å². The van der Waals surface area contributed by atoms with Gasteiger partial charge in [0.25, 0.3) is 5.91 Å².